The van der Waals surface area contributed by atoms with Gasteiger partial charge >= 0.3 is 12.1 Å². The molecule has 1 aromatic heterocycles. The van der Waals surface area contributed by atoms with Gasteiger partial charge in [-0.2, -0.15) is 13.2 Å². The van der Waals surface area contributed by atoms with Gasteiger partial charge in [-0.25, -0.2) is 0 Å². The highest BCUT2D eigenvalue weighted by Gasteiger charge is 2.62. The number of carbonyl (C=O) groups excluding carboxylic acids is 1. The Kier molecular flexibility index (Phi) is 5.36. The maximum absolute atomic E-state index is 12.7. The van der Waals surface area contributed by atoms with E-state index in [0.717, 1.165) is 22.8 Å². The van der Waals surface area contributed by atoms with Crippen molar-refractivity contribution in [2.75, 3.05) is 0 Å². The van der Waals surface area contributed by atoms with Gasteiger partial charge in [0.1, 0.15) is 17.4 Å². The molecule has 1 fully saturated rings. The number of carbonyl (C=O) groups is 1. The second kappa shape index (κ2) is 7.32. The third-order valence-electron chi connectivity index (χ3n) is 5.36. The van der Waals surface area contributed by atoms with E-state index in [-0.39, 0.29) is 6.61 Å². The smallest absolute Gasteiger partial charge is 0.426 e. The molecule has 2 unspecified atom stereocenters. The fraction of sp³-hybridized carbons (Fsp3) is 0.381. The topological polar surface area (TPSA) is 39.4 Å². The van der Waals surface area contributed by atoms with E-state index < -0.39 is 34.4 Å². The maximum Gasteiger partial charge on any atom is 0.426 e. The molecule has 0 aliphatic heterocycles. The summed E-state index contributed by atoms with van der Waals surface area (Å²) in [6.07, 6.45) is -2.12. The van der Waals surface area contributed by atoms with E-state index in [1.54, 1.807) is 26.2 Å². The average Bonchev–Trinajstić information content (AvgIpc) is 2.98. The number of halogens is 4. The lowest BCUT2D eigenvalue weighted by molar-refractivity contribution is -0.147. The zero-order chi connectivity index (χ0) is 20.7. The van der Waals surface area contributed by atoms with E-state index in [4.69, 9.17) is 20.8 Å². The van der Waals surface area contributed by atoms with E-state index >= 15 is 0 Å². The van der Waals surface area contributed by atoms with Crippen LogP contribution < -0.4 is 0 Å². The van der Waals surface area contributed by atoms with Gasteiger partial charge in [-0.3, -0.25) is 4.79 Å². The molecular formula is C21H20ClF3O3. The zero-order valence-electron chi connectivity index (χ0n) is 15.6. The summed E-state index contributed by atoms with van der Waals surface area (Å²) in [6, 6.07) is 9.21. The summed E-state index contributed by atoms with van der Waals surface area (Å²) >= 11 is 5.32. The van der Waals surface area contributed by atoms with Gasteiger partial charge in [-0.05, 0) is 41.5 Å². The fourth-order valence-electron chi connectivity index (χ4n) is 3.47. The van der Waals surface area contributed by atoms with Crippen LogP contribution in [-0.4, -0.2) is 12.1 Å². The number of hydrogen-bond acceptors (Lipinski definition) is 3. The lowest BCUT2D eigenvalue weighted by atomic mass is 10.0. The predicted octanol–water partition coefficient (Wildman–Crippen LogP) is 6.26. The van der Waals surface area contributed by atoms with Crippen LogP contribution in [0.4, 0.5) is 13.2 Å². The summed E-state index contributed by atoms with van der Waals surface area (Å²) in [5, 5.41) is -1.21. The van der Waals surface area contributed by atoms with Crippen LogP contribution >= 0.6 is 11.6 Å². The van der Waals surface area contributed by atoms with Crippen molar-refractivity contribution in [3.63, 3.8) is 0 Å². The first-order valence-electron chi connectivity index (χ1n) is 8.77. The molecular weight excluding hydrogens is 393 g/mol. The molecule has 0 bridgehead atoms. The predicted molar refractivity (Wildman–Crippen MR) is 99.4 cm³/mol. The number of alkyl halides is 3. The highest BCUT2D eigenvalue weighted by molar-refractivity contribution is 6.30. The summed E-state index contributed by atoms with van der Waals surface area (Å²) in [4.78, 5) is 12.5. The van der Waals surface area contributed by atoms with Gasteiger partial charge in [0.05, 0.1) is 12.2 Å². The van der Waals surface area contributed by atoms with Crippen molar-refractivity contribution in [3.05, 3.63) is 58.8 Å². The Morgan fingerprint density at radius 2 is 2.00 bits per heavy atom. The van der Waals surface area contributed by atoms with Crippen LogP contribution in [0.15, 0.2) is 52.1 Å². The van der Waals surface area contributed by atoms with Crippen LogP contribution in [0.5, 0.6) is 0 Å². The first-order chi connectivity index (χ1) is 13.0. The number of esters is 1. The number of allylic oxidation sites excluding steroid dienone is 2. The molecule has 0 N–H and O–H groups in total. The summed E-state index contributed by atoms with van der Waals surface area (Å²) in [5.74, 6) is -1.08. The van der Waals surface area contributed by atoms with Gasteiger partial charge in [0.2, 0.25) is 0 Å². The largest absolute Gasteiger partial charge is 0.464 e. The minimum Gasteiger partial charge on any atom is -0.464 e. The van der Waals surface area contributed by atoms with Gasteiger partial charge in [-0.1, -0.05) is 49.7 Å². The molecule has 1 saturated carbocycles. The van der Waals surface area contributed by atoms with Gasteiger partial charge in [0.15, 0.2) is 0 Å². The van der Waals surface area contributed by atoms with Gasteiger partial charge < -0.3 is 9.15 Å². The molecule has 7 heteroatoms. The molecule has 3 rings (SSSR count). The van der Waals surface area contributed by atoms with Crippen LogP contribution in [0.1, 0.15) is 25.0 Å². The van der Waals surface area contributed by atoms with Gasteiger partial charge in [0.25, 0.3) is 0 Å². The summed E-state index contributed by atoms with van der Waals surface area (Å²) in [6.45, 7) is 5.39. The van der Waals surface area contributed by atoms with Crippen molar-refractivity contribution in [2.24, 2.45) is 17.3 Å². The highest BCUT2D eigenvalue weighted by atomic mass is 35.5. The summed E-state index contributed by atoms with van der Waals surface area (Å²) in [7, 11) is 0. The molecule has 28 heavy (non-hydrogen) atoms. The van der Waals surface area contributed by atoms with Crippen LogP contribution in [0.2, 0.25) is 0 Å². The molecule has 3 nitrogen and oxygen atoms in total. The van der Waals surface area contributed by atoms with Gasteiger partial charge in [-0.15, -0.1) is 0 Å². The second-order valence-corrected chi connectivity index (χ2v) is 7.92. The SMILES string of the molecule is Cc1c(COC(=O)C2C(/C=C(\Cl)C(F)(F)F)C2(C)C)cccc1-c1ccco1. The van der Waals surface area contributed by atoms with E-state index in [1.165, 1.54) is 0 Å². The molecule has 0 radical (unpaired) electrons. The molecule has 1 heterocycles. The van der Waals surface area contributed by atoms with Crippen molar-refractivity contribution in [1.29, 1.82) is 0 Å². The molecule has 0 spiro atoms. The fourth-order valence-corrected chi connectivity index (χ4v) is 3.60. The van der Waals surface area contributed by atoms with E-state index in [9.17, 15) is 18.0 Å². The zero-order valence-corrected chi connectivity index (χ0v) is 16.4. The van der Waals surface area contributed by atoms with Crippen LogP contribution in [0.25, 0.3) is 11.3 Å². The third kappa shape index (κ3) is 3.97. The number of ether oxygens (including phenoxy) is 1. The molecule has 150 valence electrons. The average molecular weight is 413 g/mol. The van der Waals surface area contributed by atoms with E-state index in [0.29, 0.717) is 5.76 Å². The number of furan rings is 1. The molecule has 0 saturated heterocycles. The number of hydrogen-bond donors (Lipinski definition) is 0. The number of benzene rings is 1. The van der Waals surface area contributed by atoms with Crippen LogP contribution in [-0.2, 0) is 16.1 Å². The summed E-state index contributed by atoms with van der Waals surface area (Å²) < 4.78 is 48.8. The van der Waals surface area contributed by atoms with Crippen LogP contribution in [0, 0.1) is 24.2 Å². The Morgan fingerprint density at radius 3 is 2.61 bits per heavy atom. The minimum absolute atomic E-state index is 0.0369. The molecule has 1 aromatic carbocycles. The monoisotopic (exact) mass is 412 g/mol. The minimum atomic E-state index is -4.61. The first kappa shape index (κ1) is 20.5. The quantitative estimate of drug-likeness (QED) is 0.544. The molecule has 1 aliphatic carbocycles. The molecule has 0 amide bonds. The van der Waals surface area contributed by atoms with Crippen molar-refractivity contribution in [2.45, 2.75) is 33.6 Å². The van der Waals surface area contributed by atoms with Crippen LogP contribution in [0.3, 0.4) is 0 Å². The number of rotatable bonds is 5. The maximum atomic E-state index is 12.7. The van der Waals surface area contributed by atoms with Crippen molar-refractivity contribution < 1.29 is 27.1 Å². The van der Waals surface area contributed by atoms with Crippen molar-refractivity contribution in [1.82, 2.24) is 0 Å². The third-order valence-corrected chi connectivity index (χ3v) is 5.70. The standard InChI is InChI=1S/C21H20ClF3O3/c1-12-13(6-4-7-14(12)16-8-5-9-27-16)11-28-19(26)18-15(20(18,2)3)10-17(22)21(23,24)25/h4-10,15,18H,11H2,1-3H3/b17-10-. The van der Waals surface area contributed by atoms with E-state index in [1.807, 2.05) is 31.2 Å². The van der Waals surface area contributed by atoms with E-state index in [2.05, 4.69) is 0 Å². The Morgan fingerprint density at radius 1 is 1.29 bits per heavy atom. The summed E-state index contributed by atoms with van der Waals surface area (Å²) in [5.41, 5.74) is 1.98. The normalized spacial score (nSPS) is 21.5. The Bertz CT molecular complexity index is 898. The highest BCUT2D eigenvalue weighted by Crippen LogP contribution is 2.60. The molecule has 1 aliphatic rings. The Balaban J connectivity index is 1.69. The Labute approximate surface area is 166 Å². The van der Waals surface area contributed by atoms with Gasteiger partial charge in [0, 0.05) is 5.56 Å². The molecule has 2 aromatic rings. The van der Waals surface area contributed by atoms with Crippen molar-refractivity contribution in [3.8, 4) is 11.3 Å². The lowest BCUT2D eigenvalue weighted by Gasteiger charge is -2.11. The lowest BCUT2D eigenvalue weighted by Crippen LogP contribution is -2.11. The van der Waals surface area contributed by atoms with Crippen molar-refractivity contribution >= 4 is 17.6 Å². The molecule has 2 atom stereocenters. The second-order valence-electron chi connectivity index (χ2n) is 7.51. The Hall–Kier alpha value is -2.21. The first-order valence-corrected chi connectivity index (χ1v) is 9.14.